The Balaban J connectivity index is 2.14. The van der Waals surface area contributed by atoms with E-state index in [1.807, 2.05) is 19.0 Å². The molecule has 0 radical (unpaired) electrons. The van der Waals surface area contributed by atoms with E-state index >= 15 is 0 Å². The van der Waals surface area contributed by atoms with Crippen LogP contribution < -0.4 is 0 Å². The molecule has 1 N–H and O–H groups in total. The number of ether oxygens (including phenoxy) is 1. The number of hydrogen-bond donors (Lipinski definition) is 1. The van der Waals surface area contributed by atoms with Crippen molar-refractivity contribution >= 4 is 23.4 Å². The number of nitrogens with zero attached hydrogens (tertiary/aromatic N) is 4. The van der Waals surface area contributed by atoms with Crippen LogP contribution in [-0.4, -0.2) is 76.6 Å². The van der Waals surface area contributed by atoms with Crippen molar-refractivity contribution < 1.29 is 24.2 Å². The van der Waals surface area contributed by atoms with Crippen molar-refractivity contribution in [2.45, 2.75) is 26.3 Å². The summed E-state index contributed by atoms with van der Waals surface area (Å²) >= 11 is 0. The Hall–Kier alpha value is -3.46. The molecule has 1 aromatic carbocycles. The third-order valence-electron chi connectivity index (χ3n) is 5.94. The molecule has 9 heteroatoms. The highest BCUT2D eigenvalue weighted by Crippen LogP contribution is 2.40. The number of hydrogen-bond acceptors (Lipinski definition) is 7. The topological polar surface area (TPSA) is 105 Å². The van der Waals surface area contributed by atoms with E-state index in [4.69, 9.17) is 4.74 Å². The lowest BCUT2D eigenvalue weighted by atomic mass is 9.94. The predicted octanol–water partition coefficient (Wildman–Crippen LogP) is 2.20. The quantitative estimate of drug-likeness (QED) is 0.296. The molecule has 0 bridgehead atoms. The molecule has 2 heterocycles. The third kappa shape index (κ3) is 4.54. The van der Waals surface area contributed by atoms with Gasteiger partial charge in [-0.2, -0.15) is 5.10 Å². The summed E-state index contributed by atoms with van der Waals surface area (Å²) in [6.07, 6.45) is 0.655. The normalized spacial score (nSPS) is 17.8. The highest BCUT2D eigenvalue weighted by atomic mass is 16.5. The number of rotatable bonds is 7. The van der Waals surface area contributed by atoms with Crippen LogP contribution in [0.4, 0.5) is 0 Å². The van der Waals surface area contributed by atoms with Gasteiger partial charge in [0.15, 0.2) is 0 Å². The average molecular weight is 455 g/mol. The van der Waals surface area contributed by atoms with Gasteiger partial charge in [-0.25, -0.2) is 4.79 Å². The molecule has 0 unspecified atom stereocenters. The predicted molar refractivity (Wildman–Crippen MR) is 123 cm³/mol. The van der Waals surface area contributed by atoms with Crippen LogP contribution in [0.25, 0.3) is 5.76 Å². The Morgan fingerprint density at radius 1 is 1.18 bits per heavy atom. The van der Waals surface area contributed by atoms with Crippen LogP contribution in [0.2, 0.25) is 0 Å². The van der Waals surface area contributed by atoms with Gasteiger partial charge in [0.1, 0.15) is 5.76 Å². The fraction of sp³-hybridized carbons (Fsp3) is 0.417. The zero-order valence-electron chi connectivity index (χ0n) is 19.9. The smallest absolute Gasteiger partial charge is 0.337 e. The van der Waals surface area contributed by atoms with Gasteiger partial charge in [0.2, 0.25) is 0 Å². The van der Waals surface area contributed by atoms with Crippen LogP contribution in [0.1, 0.15) is 45.3 Å². The second-order valence-electron chi connectivity index (χ2n) is 8.43. The van der Waals surface area contributed by atoms with E-state index in [0.29, 0.717) is 41.0 Å². The number of aliphatic hydroxyl groups excluding tert-OH is 1. The first-order chi connectivity index (χ1) is 15.6. The van der Waals surface area contributed by atoms with Gasteiger partial charge in [-0.15, -0.1) is 0 Å². The van der Waals surface area contributed by atoms with Crippen molar-refractivity contribution in [2.24, 2.45) is 7.05 Å². The molecule has 1 atom stereocenters. The number of aryl methyl sites for hydroxylation is 2. The lowest BCUT2D eigenvalue weighted by Crippen LogP contribution is -2.32. The Morgan fingerprint density at radius 2 is 1.82 bits per heavy atom. The van der Waals surface area contributed by atoms with E-state index < -0.39 is 23.7 Å². The Labute approximate surface area is 193 Å². The van der Waals surface area contributed by atoms with E-state index in [-0.39, 0.29) is 11.3 Å². The number of carbonyl (C=O) groups excluding carboxylic acids is 3. The molecule has 1 saturated heterocycles. The van der Waals surface area contributed by atoms with Crippen LogP contribution in [0, 0.1) is 13.8 Å². The van der Waals surface area contributed by atoms with E-state index in [9.17, 15) is 19.5 Å². The number of likely N-dealkylation sites (tertiary alicyclic amines) is 1. The van der Waals surface area contributed by atoms with Gasteiger partial charge in [0, 0.05) is 19.3 Å². The summed E-state index contributed by atoms with van der Waals surface area (Å²) in [7, 11) is 6.92. The van der Waals surface area contributed by atoms with Crippen molar-refractivity contribution in [3.63, 3.8) is 0 Å². The van der Waals surface area contributed by atoms with Gasteiger partial charge in [-0.3, -0.25) is 14.3 Å². The van der Waals surface area contributed by atoms with Crippen LogP contribution in [-0.2, 0) is 21.4 Å². The Kier molecular flexibility index (Phi) is 7.02. The molecule has 1 fully saturated rings. The molecule has 176 valence electrons. The van der Waals surface area contributed by atoms with E-state index in [0.717, 1.165) is 6.54 Å². The molecule has 2 aromatic rings. The highest BCUT2D eigenvalue weighted by molar-refractivity contribution is 6.46. The molecule has 3 rings (SSSR count). The number of benzene rings is 1. The molecule has 1 aliphatic heterocycles. The molecule has 0 saturated carbocycles. The zero-order valence-corrected chi connectivity index (χ0v) is 19.9. The van der Waals surface area contributed by atoms with Gasteiger partial charge in [-0.1, -0.05) is 12.1 Å². The maximum absolute atomic E-state index is 13.1. The SMILES string of the molecule is COC(=O)c1ccc([C@@H]2/C(=C(\O)c3c(C)nn(C)c3C)C(=O)C(=O)N2CCCN(C)C)cc1. The average Bonchev–Trinajstić information content (AvgIpc) is 3.18. The van der Waals surface area contributed by atoms with Crippen LogP contribution in [0.3, 0.4) is 0 Å². The van der Waals surface area contributed by atoms with Gasteiger partial charge in [0.05, 0.1) is 35.5 Å². The molecule has 1 aromatic heterocycles. The van der Waals surface area contributed by atoms with Gasteiger partial charge in [-0.05, 0) is 58.6 Å². The minimum Gasteiger partial charge on any atom is -0.507 e. The van der Waals surface area contributed by atoms with E-state index in [2.05, 4.69) is 5.10 Å². The van der Waals surface area contributed by atoms with Crippen LogP contribution in [0.15, 0.2) is 29.8 Å². The summed E-state index contributed by atoms with van der Waals surface area (Å²) in [6.45, 7) is 4.61. The van der Waals surface area contributed by atoms with Crippen molar-refractivity contribution in [2.75, 3.05) is 34.3 Å². The molecule has 0 spiro atoms. The number of Topliss-reactive ketones (excluding diaryl/α,β-unsaturated/α-hetero) is 1. The number of methoxy groups -OCH3 is 1. The maximum atomic E-state index is 13.1. The number of aliphatic hydroxyl groups is 1. The minimum atomic E-state index is -0.780. The standard InChI is InChI=1S/C24H30N4O5/c1-14-18(15(2)27(5)25-14)21(29)19-20(16-8-10-17(11-9-16)24(32)33-6)28(23(31)22(19)30)13-7-12-26(3)4/h8-11,20,29H,7,12-13H2,1-6H3/b21-19+/t20-/m1/s1. The first-order valence-corrected chi connectivity index (χ1v) is 10.7. The Morgan fingerprint density at radius 3 is 2.33 bits per heavy atom. The fourth-order valence-electron chi connectivity index (χ4n) is 4.18. The molecular formula is C24H30N4O5. The lowest BCUT2D eigenvalue weighted by Gasteiger charge is -2.26. The maximum Gasteiger partial charge on any atom is 0.337 e. The minimum absolute atomic E-state index is 0.0230. The molecule has 0 aliphatic carbocycles. The summed E-state index contributed by atoms with van der Waals surface area (Å²) in [5.41, 5.74) is 2.68. The van der Waals surface area contributed by atoms with Crippen molar-refractivity contribution in [1.82, 2.24) is 19.6 Å². The lowest BCUT2D eigenvalue weighted by molar-refractivity contribution is -0.139. The Bertz CT molecular complexity index is 1110. The van der Waals surface area contributed by atoms with Gasteiger partial charge >= 0.3 is 5.97 Å². The van der Waals surface area contributed by atoms with Gasteiger partial charge < -0.3 is 19.6 Å². The molecule has 1 aliphatic rings. The summed E-state index contributed by atoms with van der Waals surface area (Å²) in [6, 6.07) is 5.75. The van der Waals surface area contributed by atoms with Crippen molar-refractivity contribution in [3.05, 3.63) is 57.9 Å². The first-order valence-electron chi connectivity index (χ1n) is 10.7. The molecular weight excluding hydrogens is 424 g/mol. The summed E-state index contributed by atoms with van der Waals surface area (Å²) < 4.78 is 6.38. The van der Waals surface area contributed by atoms with Crippen molar-refractivity contribution in [1.29, 1.82) is 0 Å². The second-order valence-corrected chi connectivity index (χ2v) is 8.43. The monoisotopic (exact) mass is 454 g/mol. The van der Waals surface area contributed by atoms with E-state index in [1.165, 1.54) is 12.0 Å². The summed E-state index contributed by atoms with van der Waals surface area (Å²) in [4.78, 5) is 41.5. The summed E-state index contributed by atoms with van der Waals surface area (Å²) in [5, 5.41) is 15.6. The van der Waals surface area contributed by atoms with E-state index in [1.54, 1.807) is 49.8 Å². The molecule has 1 amide bonds. The van der Waals surface area contributed by atoms with Gasteiger partial charge in [0.25, 0.3) is 11.7 Å². The van der Waals surface area contributed by atoms with Crippen LogP contribution in [0.5, 0.6) is 0 Å². The number of aromatic nitrogens is 2. The third-order valence-corrected chi connectivity index (χ3v) is 5.94. The highest BCUT2D eigenvalue weighted by Gasteiger charge is 2.46. The summed E-state index contributed by atoms with van der Waals surface area (Å²) in [5.74, 6) is -2.12. The fourth-order valence-corrected chi connectivity index (χ4v) is 4.18. The van der Waals surface area contributed by atoms with Crippen LogP contribution >= 0.6 is 0 Å². The first kappa shape index (κ1) is 24.2. The molecule has 33 heavy (non-hydrogen) atoms. The van der Waals surface area contributed by atoms with Crippen molar-refractivity contribution in [3.8, 4) is 0 Å². The zero-order chi connectivity index (χ0) is 24.4. The second kappa shape index (κ2) is 9.58. The number of amides is 1. The molecule has 9 nitrogen and oxygen atoms in total. The number of esters is 1. The number of ketones is 1. The number of carbonyl (C=O) groups is 3. The largest absolute Gasteiger partial charge is 0.507 e.